The molecule has 0 aromatic heterocycles. The minimum absolute atomic E-state index is 0.00114. The summed E-state index contributed by atoms with van der Waals surface area (Å²) in [6.45, 7) is 11.3. The lowest BCUT2D eigenvalue weighted by Gasteiger charge is -2.44. The van der Waals surface area contributed by atoms with Gasteiger partial charge in [-0.1, -0.05) is 20.8 Å². The smallest absolute Gasteiger partial charge is 0.156 e. The number of Topliss-reactive ketones (excluding diaryl/α,β-unsaturated/α-hetero) is 1. The summed E-state index contributed by atoms with van der Waals surface area (Å²) < 4.78 is 6.08. The van der Waals surface area contributed by atoms with Gasteiger partial charge in [-0.2, -0.15) is 11.8 Å². The molecular formula is C17H31NO2S. The van der Waals surface area contributed by atoms with E-state index in [2.05, 4.69) is 32.6 Å². The zero-order valence-electron chi connectivity index (χ0n) is 14.1. The van der Waals surface area contributed by atoms with E-state index in [9.17, 15) is 4.79 Å². The molecule has 3 unspecified atom stereocenters. The maximum absolute atomic E-state index is 13.2. The van der Waals surface area contributed by atoms with Crippen LogP contribution < -0.4 is 0 Å². The lowest BCUT2D eigenvalue weighted by Crippen LogP contribution is -2.56. The zero-order valence-corrected chi connectivity index (χ0v) is 14.9. The molecule has 3 atom stereocenters. The highest BCUT2D eigenvalue weighted by molar-refractivity contribution is 7.99. The van der Waals surface area contributed by atoms with Gasteiger partial charge in [0.05, 0.1) is 11.1 Å². The van der Waals surface area contributed by atoms with Crippen LogP contribution in [0.5, 0.6) is 0 Å². The third-order valence-electron chi connectivity index (χ3n) is 5.61. The molecule has 2 saturated heterocycles. The van der Waals surface area contributed by atoms with Crippen LogP contribution in [0.15, 0.2) is 0 Å². The number of rotatable bonds is 6. The molecule has 1 spiro atoms. The van der Waals surface area contributed by atoms with E-state index >= 15 is 0 Å². The molecule has 3 nitrogen and oxygen atoms in total. The lowest BCUT2D eigenvalue weighted by molar-refractivity contribution is -0.145. The second-order valence-electron chi connectivity index (χ2n) is 6.69. The van der Waals surface area contributed by atoms with E-state index in [0.29, 0.717) is 5.78 Å². The SMILES string of the molecule is CCN(CC)C(C)(CC)C(=O)C1CCOC2(CCSC2)C1. The lowest BCUT2D eigenvalue weighted by atomic mass is 9.75. The third-order valence-corrected chi connectivity index (χ3v) is 6.83. The zero-order chi connectivity index (χ0) is 15.5. The van der Waals surface area contributed by atoms with Crippen LogP contribution in [0.1, 0.15) is 53.4 Å². The molecule has 2 heterocycles. The summed E-state index contributed by atoms with van der Waals surface area (Å²) in [6.07, 6.45) is 3.86. The maximum atomic E-state index is 13.2. The van der Waals surface area contributed by atoms with Crippen molar-refractivity contribution in [2.75, 3.05) is 31.2 Å². The molecule has 2 aliphatic rings. The van der Waals surface area contributed by atoms with Gasteiger partial charge in [0.1, 0.15) is 0 Å². The van der Waals surface area contributed by atoms with Crippen LogP contribution in [-0.2, 0) is 9.53 Å². The van der Waals surface area contributed by atoms with Gasteiger partial charge in [-0.15, -0.1) is 0 Å². The second-order valence-corrected chi connectivity index (χ2v) is 7.79. The third kappa shape index (κ3) is 3.32. The van der Waals surface area contributed by atoms with Gasteiger partial charge in [-0.05, 0) is 51.4 Å². The summed E-state index contributed by atoms with van der Waals surface area (Å²) >= 11 is 1.98. The fraction of sp³-hybridized carbons (Fsp3) is 0.941. The molecule has 21 heavy (non-hydrogen) atoms. The normalized spacial score (nSPS) is 32.5. The fourth-order valence-corrected chi connectivity index (χ4v) is 5.41. The predicted octanol–water partition coefficient (Wildman–Crippen LogP) is 3.37. The Morgan fingerprint density at radius 1 is 1.38 bits per heavy atom. The number of carbonyl (C=O) groups is 1. The van der Waals surface area contributed by atoms with Crippen LogP contribution in [0.3, 0.4) is 0 Å². The first-order valence-electron chi connectivity index (χ1n) is 8.52. The highest BCUT2D eigenvalue weighted by Gasteiger charge is 2.47. The Kier molecular flexibility index (Phi) is 5.77. The summed E-state index contributed by atoms with van der Waals surface area (Å²) in [6, 6.07) is 0. The van der Waals surface area contributed by atoms with E-state index in [0.717, 1.165) is 51.1 Å². The van der Waals surface area contributed by atoms with E-state index < -0.39 is 0 Å². The number of carbonyl (C=O) groups excluding carboxylic acids is 1. The first kappa shape index (κ1) is 17.3. The molecule has 2 rings (SSSR count). The standard InChI is InChI=1S/C17H31NO2S/c1-5-16(4,18(6-2)7-3)15(19)14-8-10-20-17(12-14)9-11-21-13-17/h14H,5-13H2,1-4H3. The van der Waals surface area contributed by atoms with Gasteiger partial charge in [0.2, 0.25) is 0 Å². The van der Waals surface area contributed by atoms with Crippen LogP contribution in [0.25, 0.3) is 0 Å². The summed E-state index contributed by atoms with van der Waals surface area (Å²) in [5.74, 6) is 2.89. The van der Waals surface area contributed by atoms with E-state index in [-0.39, 0.29) is 17.1 Å². The molecule has 0 aromatic carbocycles. The Morgan fingerprint density at radius 2 is 2.10 bits per heavy atom. The van der Waals surface area contributed by atoms with Crippen molar-refractivity contribution in [2.45, 2.75) is 64.5 Å². The Bertz CT molecular complexity index is 364. The largest absolute Gasteiger partial charge is 0.374 e. The van der Waals surface area contributed by atoms with Crippen molar-refractivity contribution in [3.63, 3.8) is 0 Å². The summed E-state index contributed by atoms with van der Waals surface area (Å²) in [5.41, 5.74) is -0.306. The number of hydrogen-bond donors (Lipinski definition) is 0. The van der Waals surface area contributed by atoms with Crippen LogP contribution in [0.2, 0.25) is 0 Å². The number of thioether (sulfide) groups is 1. The average Bonchev–Trinajstić information content (AvgIpc) is 2.95. The van der Waals surface area contributed by atoms with Gasteiger partial charge in [0.25, 0.3) is 0 Å². The topological polar surface area (TPSA) is 29.5 Å². The summed E-state index contributed by atoms with van der Waals surface area (Å²) in [7, 11) is 0. The van der Waals surface area contributed by atoms with Crippen molar-refractivity contribution < 1.29 is 9.53 Å². The molecule has 0 aromatic rings. The second kappa shape index (κ2) is 7.01. The average molecular weight is 314 g/mol. The van der Waals surface area contributed by atoms with Gasteiger partial charge < -0.3 is 4.74 Å². The molecule has 0 amide bonds. The van der Waals surface area contributed by atoms with Gasteiger partial charge in [-0.25, -0.2) is 0 Å². The summed E-state index contributed by atoms with van der Waals surface area (Å²) in [5, 5.41) is 0. The van der Waals surface area contributed by atoms with Crippen LogP contribution >= 0.6 is 11.8 Å². The van der Waals surface area contributed by atoms with Gasteiger partial charge in [-0.3, -0.25) is 9.69 Å². The first-order chi connectivity index (χ1) is 10.0. The van der Waals surface area contributed by atoms with Crippen molar-refractivity contribution in [2.24, 2.45) is 5.92 Å². The molecule has 0 bridgehead atoms. The Labute approximate surface area is 134 Å². The highest BCUT2D eigenvalue weighted by Crippen LogP contribution is 2.42. The monoisotopic (exact) mass is 313 g/mol. The van der Waals surface area contributed by atoms with Gasteiger partial charge >= 0.3 is 0 Å². The minimum Gasteiger partial charge on any atom is -0.374 e. The van der Waals surface area contributed by atoms with Crippen molar-refractivity contribution in [1.29, 1.82) is 0 Å². The van der Waals surface area contributed by atoms with Crippen molar-refractivity contribution >= 4 is 17.5 Å². The van der Waals surface area contributed by atoms with E-state index in [1.165, 1.54) is 5.75 Å². The molecule has 2 fully saturated rings. The number of ketones is 1. The van der Waals surface area contributed by atoms with Crippen molar-refractivity contribution in [3.05, 3.63) is 0 Å². The number of likely N-dealkylation sites (N-methyl/N-ethyl adjacent to an activating group) is 1. The quantitative estimate of drug-likeness (QED) is 0.752. The van der Waals surface area contributed by atoms with Crippen LogP contribution in [-0.4, -0.2) is 53.0 Å². The Hall–Kier alpha value is -0.0600. The van der Waals surface area contributed by atoms with Crippen LogP contribution in [0, 0.1) is 5.92 Å². The van der Waals surface area contributed by atoms with E-state index in [4.69, 9.17) is 4.74 Å². The van der Waals surface area contributed by atoms with Crippen molar-refractivity contribution in [3.8, 4) is 0 Å². The first-order valence-corrected chi connectivity index (χ1v) is 9.68. The number of nitrogens with zero attached hydrogens (tertiary/aromatic N) is 1. The molecule has 122 valence electrons. The highest BCUT2D eigenvalue weighted by atomic mass is 32.2. The number of ether oxygens (including phenoxy) is 1. The fourth-order valence-electron chi connectivity index (χ4n) is 4.03. The Morgan fingerprint density at radius 3 is 2.62 bits per heavy atom. The molecule has 2 aliphatic heterocycles. The van der Waals surface area contributed by atoms with Gasteiger partial charge in [0.15, 0.2) is 5.78 Å². The van der Waals surface area contributed by atoms with E-state index in [1.807, 2.05) is 11.8 Å². The minimum atomic E-state index is -0.307. The molecule has 0 aliphatic carbocycles. The van der Waals surface area contributed by atoms with Gasteiger partial charge in [0, 0.05) is 18.3 Å². The number of hydrogen-bond acceptors (Lipinski definition) is 4. The molecule has 0 radical (unpaired) electrons. The summed E-state index contributed by atoms with van der Waals surface area (Å²) in [4.78, 5) is 15.6. The van der Waals surface area contributed by atoms with Crippen LogP contribution in [0.4, 0.5) is 0 Å². The Balaban J connectivity index is 2.13. The molecule has 0 saturated carbocycles. The predicted molar refractivity (Wildman–Crippen MR) is 90.0 cm³/mol. The molecule has 4 heteroatoms. The maximum Gasteiger partial charge on any atom is 0.156 e. The van der Waals surface area contributed by atoms with E-state index in [1.54, 1.807) is 0 Å². The molecular weight excluding hydrogens is 282 g/mol. The molecule has 0 N–H and O–H groups in total. The van der Waals surface area contributed by atoms with Crippen molar-refractivity contribution in [1.82, 2.24) is 4.90 Å².